The molecule has 0 radical (unpaired) electrons. The van der Waals surface area contributed by atoms with E-state index in [4.69, 9.17) is 24.4 Å². The van der Waals surface area contributed by atoms with Crippen molar-refractivity contribution in [2.75, 3.05) is 27.8 Å². The summed E-state index contributed by atoms with van der Waals surface area (Å²) in [6, 6.07) is 9.80. The Morgan fingerprint density at radius 3 is 2.61 bits per heavy atom. The van der Waals surface area contributed by atoms with E-state index in [2.05, 4.69) is 10.6 Å². The maximum Gasteiger partial charge on any atom is 0.339 e. The molecule has 2 aromatic carbocycles. The van der Waals surface area contributed by atoms with Crippen LogP contribution >= 0.6 is 0 Å². The number of nitrogens with zero attached hydrogens (tertiary/aromatic N) is 1. The second-order valence-corrected chi connectivity index (χ2v) is 8.78. The van der Waals surface area contributed by atoms with E-state index in [1.54, 1.807) is 63.8 Å². The molecular formula is C26H33N4O6+. The highest BCUT2D eigenvalue weighted by molar-refractivity contribution is 6.08. The number of methoxy groups -OCH3 is 1. The van der Waals surface area contributed by atoms with Crippen LogP contribution in [0.2, 0.25) is 0 Å². The fraction of sp³-hybridized carbons (Fsp3) is 0.346. The Kier molecular flexibility index (Phi) is 8.21. The molecule has 1 heterocycles. The van der Waals surface area contributed by atoms with Gasteiger partial charge in [0, 0.05) is 45.6 Å². The molecule has 0 unspecified atom stereocenters. The Bertz CT molecular complexity index is 1180. The zero-order valence-corrected chi connectivity index (χ0v) is 21.4. The minimum Gasteiger partial charge on any atom is -0.488 e. The third-order valence-electron chi connectivity index (χ3n) is 5.46. The van der Waals surface area contributed by atoms with Crippen molar-refractivity contribution in [2.24, 2.45) is 0 Å². The zero-order chi connectivity index (χ0) is 26.5. The van der Waals surface area contributed by atoms with Crippen molar-refractivity contribution >= 4 is 17.6 Å². The number of benzene rings is 2. The van der Waals surface area contributed by atoms with E-state index in [-0.39, 0.29) is 23.4 Å². The Morgan fingerprint density at radius 1 is 1.19 bits per heavy atom. The van der Waals surface area contributed by atoms with Gasteiger partial charge in [-0.1, -0.05) is 0 Å². The van der Waals surface area contributed by atoms with Gasteiger partial charge in [-0.3, -0.25) is 10.2 Å². The SMILES string of the molecule is CN/C=C\C(=[NH2+])NC(=O)c1cc(Oc2ccc3c(c2)OC(C)(C)N(C)C3=O)cc(O[C@@H](C)COC)c1. The number of hydrogen-bond acceptors (Lipinski definition) is 7. The van der Waals surface area contributed by atoms with Gasteiger partial charge in [-0.25, -0.2) is 10.1 Å². The summed E-state index contributed by atoms with van der Waals surface area (Å²) in [6.45, 7) is 5.83. The fourth-order valence-electron chi connectivity index (χ4n) is 3.48. The summed E-state index contributed by atoms with van der Waals surface area (Å²) in [7, 11) is 4.99. The van der Waals surface area contributed by atoms with Crippen molar-refractivity contribution in [3.8, 4) is 23.0 Å². The summed E-state index contributed by atoms with van der Waals surface area (Å²) in [6.07, 6.45) is 2.86. The van der Waals surface area contributed by atoms with Crippen LogP contribution in [0.15, 0.2) is 48.7 Å². The monoisotopic (exact) mass is 497 g/mol. The molecule has 0 saturated heterocycles. The van der Waals surface area contributed by atoms with Crippen molar-refractivity contribution in [3.05, 3.63) is 59.8 Å². The minimum atomic E-state index is -0.808. The largest absolute Gasteiger partial charge is 0.488 e. The third kappa shape index (κ3) is 6.33. The number of nitrogens with one attached hydrogen (secondary N) is 2. The molecule has 0 spiro atoms. The van der Waals surface area contributed by atoms with E-state index in [1.807, 2.05) is 20.8 Å². The molecule has 10 nitrogen and oxygen atoms in total. The Labute approximate surface area is 210 Å². The lowest BCUT2D eigenvalue weighted by Gasteiger charge is -2.40. The van der Waals surface area contributed by atoms with Gasteiger partial charge in [-0.05, 0) is 45.0 Å². The lowest BCUT2D eigenvalue weighted by molar-refractivity contribution is -0.115. The second kappa shape index (κ2) is 11.1. The minimum absolute atomic E-state index is 0.143. The maximum absolute atomic E-state index is 12.9. The van der Waals surface area contributed by atoms with Crippen molar-refractivity contribution in [2.45, 2.75) is 32.6 Å². The average Bonchev–Trinajstić information content (AvgIpc) is 2.81. The molecule has 36 heavy (non-hydrogen) atoms. The predicted molar refractivity (Wildman–Crippen MR) is 134 cm³/mol. The van der Waals surface area contributed by atoms with Gasteiger partial charge in [-0.15, -0.1) is 0 Å². The van der Waals surface area contributed by atoms with Gasteiger partial charge in [0.25, 0.3) is 11.7 Å². The molecule has 0 fully saturated rings. The highest BCUT2D eigenvalue weighted by Gasteiger charge is 2.37. The number of hydrogen-bond donors (Lipinski definition) is 3. The zero-order valence-electron chi connectivity index (χ0n) is 21.4. The highest BCUT2D eigenvalue weighted by atomic mass is 16.5. The smallest absolute Gasteiger partial charge is 0.339 e. The van der Waals surface area contributed by atoms with Crippen molar-refractivity contribution in [1.82, 2.24) is 15.5 Å². The van der Waals surface area contributed by atoms with Crippen LogP contribution in [0.5, 0.6) is 23.0 Å². The van der Waals surface area contributed by atoms with Crippen molar-refractivity contribution in [1.29, 1.82) is 0 Å². The Hall–Kier alpha value is -4.05. The number of fused-ring (bicyclic) bond motifs is 1. The molecule has 4 N–H and O–H groups in total. The number of amides is 2. The van der Waals surface area contributed by atoms with Crippen LogP contribution < -0.4 is 30.3 Å². The van der Waals surface area contributed by atoms with Crippen LogP contribution in [0.4, 0.5) is 0 Å². The predicted octanol–water partition coefficient (Wildman–Crippen LogP) is 1.71. The van der Waals surface area contributed by atoms with Gasteiger partial charge in [0.15, 0.2) is 5.72 Å². The molecule has 1 aliphatic rings. The Morgan fingerprint density at radius 2 is 1.92 bits per heavy atom. The summed E-state index contributed by atoms with van der Waals surface area (Å²) in [4.78, 5) is 27.1. The second-order valence-electron chi connectivity index (χ2n) is 8.78. The molecular weight excluding hydrogens is 464 g/mol. The van der Waals surface area contributed by atoms with Crippen LogP contribution in [-0.4, -0.2) is 62.2 Å². The van der Waals surface area contributed by atoms with Crippen LogP contribution in [0.25, 0.3) is 0 Å². The highest BCUT2D eigenvalue weighted by Crippen LogP contribution is 2.37. The van der Waals surface area contributed by atoms with Crippen LogP contribution in [0, 0.1) is 0 Å². The first-order valence-corrected chi connectivity index (χ1v) is 11.4. The summed E-state index contributed by atoms with van der Waals surface area (Å²) >= 11 is 0. The maximum atomic E-state index is 12.9. The van der Waals surface area contributed by atoms with Crippen LogP contribution in [-0.2, 0) is 4.74 Å². The van der Waals surface area contributed by atoms with E-state index in [1.165, 1.54) is 11.0 Å². The number of rotatable bonds is 9. The normalized spacial score (nSPS) is 15.1. The van der Waals surface area contributed by atoms with Gasteiger partial charge in [0.05, 0.1) is 17.7 Å². The molecule has 2 amide bonds. The number of amidine groups is 1. The van der Waals surface area contributed by atoms with E-state index < -0.39 is 11.6 Å². The summed E-state index contributed by atoms with van der Waals surface area (Å²) < 4.78 is 23.1. The van der Waals surface area contributed by atoms with E-state index >= 15 is 0 Å². The number of nitrogens with two attached hydrogens (primary N) is 1. The van der Waals surface area contributed by atoms with Crippen molar-refractivity contribution in [3.63, 3.8) is 0 Å². The molecule has 2 aromatic rings. The van der Waals surface area contributed by atoms with E-state index in [0.29, 0.717) is 35.2 Å². The average molecular weight is 498 g/mol. The molecule has 0 saturated carbocycles. The topological polar surface area (TPSA) is 124 Å². The van der Waals surface area contributed by atoms with Crippen LogP contribution in [0.3, 0.4) is 0 Å². The first-order valence-electron chi connectivity index (χ1n) is 11.4. The third-order valence-corrected chi connectivity index (χ3v) is 5.46. The molecule has 0 aromatic heterocycles. The van der Waals surface area contributed by atoms with E-state index in [0.717, 1.165) is 0 Å². The molecule has 10 heteroatoms. The number of carbonyl (C=O) groups is 2. The molecule has 3 rings (SSSR count). The van der Waals surface area contributed by atoms with Crippen molar-refractivity contribution < 1.29 is 33.9 Å². The summed E-state index contributed by atoms with van der Waals surface area (Å²) in [5, 5.41) is 11.3. The Balaban J connectivity index is 1.91. The van der Waals surface area contributed by atoms with Gasteiger partial charge in [0.2, 0.25) is 0 Å². The van der Waals surface area contributed by atoms with E-state index in [9.17, 15) is 9.59 Å². The summed E-state index contributed by atoms with van der Waals surface area (Å²) in [5.41, 5.74) is -0.0902. The standard InChI is InChI=1S/C26H32N4O6/c1-16(15-33-6)34-19-11-17(24(31)29-23(27)9-10-28-4)12-20(13-19)35-18-7-8-21-22(14-18)36-26(2,3)30(5)25(21)32/h7-14,16,28H,15H2,1-6H3,(H2,27,29,31)/p+1/b10-9-/t16-/m0/s1. The van der Waals surface area contributed by atoms with Gasteiger partial charge in [0.1, 0.15) is 29.1 Å². The molecule has 1 atom stereocenters. The fourth-order valence-corrected chi connectivity index (χ4v) is 3.48. The lowest BCUT2D eigenvalue weighted by Crippen LogP contribution is -2.52. The first-order chi connectivity index (χ1) is 17.0. The number of ether oxygens (including phenoxy) is 4. The van der Waals surface area contributed by atoms with Crippen LogP contribution in [0.1, 0.15) is 41.5 Å². The molecule has 1 aliphatic heterocycles. The first kappa shape index (κ1) is 26.6. The van der Waals surface area contributed by atoms with Gasteiger partial charge >= 0.3 is 5.91 Å². The molecule has 0 aliphatic carbocycles. The van der Waals surface area contributed by atoms with Gasteiger partial charge in [-0.2, -0.15) is 0 Å². The molecule has 192 valence electrons. The quantitative estimate of drug-likeness (QED) is 0.356. The lowest BCUT2D eigenvalue weighted by atomic mass is 10.1. The van der Waals surface area contributed by atoms with Gasteiger partial charge < -0.3 is 29.2 Å². The summed E-state index contributed by atoms with van der Waals surface area (Å²) in [5.74, 6) is 1.20. The molecule has 0 bridgehead atoms. The number of carbonyl (C=O) groups excluding carboxylic acids is 2.